The van der Waals surface area contributed by atoms with Crippen LogP contribution in [0.15, 0.2) is 24.3 Å². The highest BCUT2D eigenvalue weighted by atomic mass is 35.5. The first-order valence-electron chi connectivity index (χ1n) is 10.3. The fourth-order valence-electron chi connectivity index (χ4n) is 5.36. The molecule has 0 bridgehead atoms. The molecule has 7 nitrogen and oxygen atoms in total. The number of para-hydroxylation sites is 1. The summed E-state index contributed by atoms with van der Waals surface area (Å²) in [5.41, 5.74) is 0.474. The van der Waals surface area contributed by atoms with E-state index in [9.17, 15) is 9.59 Å². The Kier molecular flexibility index (Phi) is 5.73. The van der Waals surface area contributed by atoms with Gasteiger partial charge in [-0.2, -0.15) is 0 Å². The molecule has 0 saturated carbocycles. The van der Waals surface area contributed by atoms with E-state index >= 15 is 0 Å². The molecule has 4 rings (SSSR count). The van der Waals surface area contributed by atoms with E-state index in [1.54, 1.807) is 19.2 Å². The van der Waals surface area contributed by atoms with Crippen LogP contribution in [0.2, 0.25) is 5.02 Å². The first-order chi connectivity index (χ1) is 14.0. The molecule has 1 aromatic carbocycles. The van der Waals surface area contributed by atoms with Crippen LogP contribution in [0.25, 0.3) is 0 Å². The molecule has 29 heavy (non-hydrogen) atoms. The lowest BCUT2D eigenvalue weighted by molar-refractivity contribution is -0.133. The molecule has 158 valence electrons. The number of ether oxygens (including phenoxy) is 1. The predicted molar refractivity (Wildman–Crippen MR) is 112 cm³/mol. The molecular weight excluding hydrogens is 392 g/mol. The van der Waals surface area contributed by atoms with Gasteiger partial charge < -0.3 is 19.9 Å². The van der Waals surface area contributed by atoms with Gasteiger partial charge >= 0.3 is 6.03 Å². The van der Waals surface area contributed by atoms with Crippen LogP contribution in [0, 0.1) is 11.8 Å². The molecular formula is C21H29ClN4O3. The van der Waals surface area contributed by atoms with Crippen LogP contribution >= 0.6 is 11.6 Å². The van der Waals surface area contributed by atoms with E-state index < -0.39 is 0 Å². The highest BCUT2D eigenvalue weighted by Crippen LogP contribution is 2.48. The number of hydrogen-bond donors (Lipinski definition) is 1. The average Bonchev–Trinajstić information content (AvgIpc) is 3.23. The maximum absolute atomic E-state index is 12.9. The molecule has 2 atom stereocenters. The van der Waals surface area contributed by atoms with Crippen LogP contribution in [0.4, 0.5) is 10.5 Å². The lowest BCUT2D eigenvalue weighted by atomic mass is 9.75. The topological polar surface area (TPSA) is 65.1 Å². The first-order valence-corrected chi connectivity index (χ1v) is 10.6. The molecule has 3 fully saturated rings. The summed E-state index contributed by atoms with van der Waals surface area (Å²) in [6.07, 6.45) is 1.62. The van der Waals surface area contributed by atoms with Crippen molar-refractivity contribution in [2.24, 2.45) is 11.8 Å². The molecule has 8 heteroatoms. The Morgan fingerprint density at radius 1 is 1.28 bits per heavy atom. The second-order valence-electron chi connectivity index (χ2n) is 8.36. The Balaban J connectivity index is 1.41. The molecule has 3 aliphatic rings. The number of fused-ring (bicyclic) bond motifs is 2. The number of nitrogens with one attached hydrogen (secondary N) is 1. The lowest BCUT2D eigenvalue weighted by Crippen LogP contribution is -2.57. The first kappa shape index (κ1) is 20.4. The number of halogens is 1. The third-order valence-corrected chi connectivity index (χ3v) is 7.37. The Bertz CT molecular complexity index is 781. The average molecular weight is 421 g/mol. The second kappa shape index (κ2) is 8.13. The van der Waals surface area contributed by atoms with Crippen LogP contribution in [-0.2, 0) is 9.53 Å². The number of nitrogens with zero attached hydrogens (tertiary/aromatic N) is 3. The maximum atomic E-state index is 12.9. The summed E-state index contributed by atoms with van der Waals surface area (Å²) in [7, 11) is 3.65. The molecule has 1 spiro atoms. The number of carbonyl (C=O) groups excluding carboxylic acids is 2. The number of urea groups is 1. The third-order valence-electron chi connectivity index (χ3n) is 7.05. The highest BCUT2D eigenvalue weighted by molar-refractivity contribution is 6.33. The second-order valence-corrected chi connectivity index (χ2v) is 8.77. The number of rotatable bonds is 4. The van der Waals surface area contributed by atoms with Crippen molar-refractivity contribution in [2.75, 3.05) is 58.8 Å². The van der Waals surface area contributed by atoms with Crippen molar-refractivity contribution in [2.45, 2.75) is 18.4 Å². The highest BCUT2D eigenvalue weighted by Gasteiger charge is 2.60. The number of amides is 3. The Morgan fingerprint density at radius 2 is 2.00 bits per heavy atom. The quantitative estimate of drug-likeness (QED) is 0.812. The monoisotopic (exact) mass is 420 g/mol. The number of anilines is 1. The molecule has 3 aliphatic heterocycles. The summed E-state index contributed by atoms with van der Waals surface area (Å²) < 4.78 is 5.21. The van der Waals surface area contributed by atoms with Crippen molar-refractivity contribution in [1.82, 2.24) is 14.7 Å². The summed E-state index contributed by atoms with van der Waals surface area (Å²) in [4.78, 5) is 31.8. The zero-order valence-corrected chi connectivity index (χ0v) is 17.8. The van der Waals surface area contributed by atoms with Crippen molar-refractivity contribution in [3.63, 3.8) is 0 Å². The smallest absolute Gasteiger partial charge is 0.321 e. The number of piperidine rings is 1. The maximum Gasteiger partial charge on any atom is 0.321 e. The van der Waals surface area contributed by atoms with E-state index in [0.29, 0.717) is 36.3 Å². The van der Waals surface area contributed by atoms with Gasteiger partial charge in [-0.3, -0.25) is 9.69 Å². The number of benzene rings is 1. The van der Waals surface area contributed by atoms with Gasteiger partial charge in [0, 0.05) is 52.8 Å². The molecule has 0 aromatic heterocycles. The van der Waals surface area contributed by atoms with Gasteiger partial charge in [-0.05, 0) is 25.0 Å². The fraction of sp³-hybridized carbons (Fsp3) is 0.619. The van der Waals surface area contributed by atoms with Crippen molar-refractivity contribution in [1.29, 1.82) is 0 Å². The van der Waals surface area contributed by atoms with Crippen molar-refractivity contribution in [3.8, 4) is 0 Å². The summed E-state index contributed by atoms with van der Waals surface area (Å²) in [6, 6.07) is 7.11. The van der Waals surface area contributed by atoms with Gasteiger partial charge in [0.2, 0.25) is 5.91 Å². The summed E-state index contributed by atoms with van der Waals surface area (Å²) in [6.45, 7) is 4.56. The van der Waals surface area contributed by atoms with E-state index in [4.69, 9.17) is 16.3 Å². The molecule has 0 aliphatic carbocycles. The fourth-order valence-corrected chi connectivity index (χ4v) is 5.54. The lowest BCUT2D eigenvalue weighted by Gasteiger charge is -2.46. The number of likely N-dealkylation sites (tertiary alicyclic amines) is 3. The SMILES string of the molecule is COCCN1C[C@H]2C(=O)N(C)C3(CCN(C(=O)Nc4ccccc4Cl)CC3)[C@H]2C1. The van der Waals surface area contributed by atoms with Gasteiger partial charge in [-0.15, -0.1) is 0 Å². The van der Waals surface area contributed by atoms with E-state index in [-0.39, 0.29) is 23.4 Å². The number of carbonyl (C=O) groups is 2. The number of methoxy groups -OCH3 is 1. The Labute approximate surface area is 176 Å². The van der Waals surface area contributed by atoms with E-state index in [1.807, 2.05) is 29.0 Å². The van der Waals surface area contributed by atoms with Crippen molar-refractivity contribution in [3.05, 3.63) is 29.3 Å². The summed E-state index contributed by atoms with van der Waals surface area (Å²) in [5.74, 6) is 0.648. The van der Waals surface area contributed by atoms with Crippen LogP contribution in [-0.4, -0.2) is 85.7 Å². The predicted octanol–water partition coefficient (Wildman–Crippen LogP) is 2.37. The molecule has 0 radical (unpaired) electrons. The minimum Gasteiger partial charge on any atom is -0.383 e. The van der Waals surface area contributed by atoms with E-state index in [2.05, 4.69) is 10.2 Å². The van der Waals surface area contributed by atoms with Gasteiger partial charge in [0.25, 0.3) is 0 Å². The van der Waals surface area contributed by atoms with Crippen LogP contribution in [0.3, 0.4) is 0 Å². The van der Waals surface area contributed by atoms with E-state index in [0.717, 1.165) is 32.5 Å². The molecule has 1 aromatic rings. The molecule has 0 unspecified atom stereocenters. The Morgan fingerprint density at radius 3 is 2.69 bits per heavy atom. The minimum atomic E-state index is -0.148. The standard InChI is InChI=1S/C21H29ClN4O3/c1-24-19(27)15-13-25(11-12-29-2)14-16(15)21(24)7-9-26(10-8-21)20(28)23-18-6-4-3-5-17(18)22/h3-6,15-16H,7-14H2,1-2H3,(H,23,28)/t15-,16+/m1/s1. The zero-order valence-electron chi connectivity index (χ0n) is 17.1. The van der Waals surface area contributed by atoms with Crippen molar-refractivity contribution < 1.29 is 14.3 Å². The van der Waals surface area contributed by atoms with E-state index in [1.165, 1.54) is 0 Å². The van der Waals surface area contributed by atoms with Crippen molar-refractivity contribution >= 4 is 29.2 Å². The van der Waals surface area contributed by atoms with Gasteiger partial charge in [-0.1, -0.05) is 23.7 Å². The zero-order chi connectivity index (χ0) is 20.6. The van der Waals surface area contributed by atoms with Gasteiger partial charge in [0.1, 0.15) is 0 Å². The molecule has 1 N–H and O–H groups in total. The molecule has 3 heterocycles. The minimum absolute atomic E-state index is 0.0698. The normalized spacial score (nSPS) is 26.2. The van der Waals surface area contributed by atoms with Crippen LogP contribution in [0.1, 0.15) is 12.8 Å². The Hall–Kier alpha value is -1.83. The summed E-state index contributed by atoms with van der Waals surface area (Å²) >= 11 is 6.16. The molecule has 3 amide bonds. The van der Waals surface area contributed by atoms with Crippen LogP contribution in [0.5, 0.6) is 0 Å². The van der Waals surface area contributed by atoms with Crippen LogP contribution < -0.4 is 5.32 Å². The van der Waals surface area contributed by atoms with Gasteiger partial charge in [0.05, 0.1) is 28.8 Å². The van der Waals surface area contributed by atoms with Gasteiger partial charge in [0.15, 0.2) is 0 Å². The number of hydrogen-bond acceptors (Lipinski definition) is 4. The largest absolute Gasteiger partial charge is 0.383 e. The third kappa shape index (κ3) is 3.60. The van der Waals surface area contributed by atoms with Gasteiger partial charge in [-0.25, -0.2) is 4.79 Å². The summed E-state index contributed by atoms with van der Waals surface area (Å²) in [5, 5.41) is 3.44. The molecule has 3 saturated heterocycles.